The van der Waals surface area contributed by atoms with Crippen LogP contribution in [0, 0.1) is 0 Å². The monoisotopic (exact) mass is 365 g/mol. The summed E-state index contributed by atoms with van der Waals surface area (Å²) >= 11 is 0. The molecule has 1 aliphatic rings. The van der Waals surface area contributed by atoms with Crippen LogP contribution >= 0.6 is 0 Å². The molecule has 0 spiro atoms. The highest BCUT2D eigenvalue weighted by molar-refractivity contribution is 5.87. The number of nitrogens with zero attached hydrogens (tertiary/aromatic N) is 3. The van der Waals surface area contributed by atoms with Crippen LogP contribution in [0.1, 0.15) is 30.9 Å². The van der Waals surface area contributed by atoms with Crippen molar-refractivity contribution >= 4 is 22.8 Å². The maximum absolute atomic E-state index is 12.4. The molecule has 3 heterocycles. The minimum Gasteiger partial charge on any atom is -0.388 e. The van der Waals surface area contributed by atoms with E-state index in [9.17, 15) is 9.90 Å². The Hall–Kier alpha value is -2.93. The molecule has 2 aromatic heterocycles. The predicted molar refractivity (Wildman–Crippen MR) is 103 cm³/mol. The summed E-state index contributed by atoms with van der Waals surface area (Å²) in [6, 6.07) is 11.3. The van der Waals surface area contributed by atoms with Crippen molar-refractivity contribution in [2.75, 3.05) is 18.0 Å². The van der Waals surface area contributed by atoms with Gasteiger partial charge in [-0.1, -0.05) is 30.3 Å². The Morgan fingerprint density at radius 2 is 2.15 bits per heavy atom. The number of fused-ring (bicyclic) bond motifs is 1. The zero-order chi connectivity index (χ0) is 18.6. The van der Waals surface area contributed by atoms with Gasteiger partial charge in [0.05, 0.1) is 17.9 Å². The second-order valence-electron chi connectivity index (χ2n) is 6.92. The van der Waals surface area contributed by atoms with Gasteiger partial charge in [-0.15, -0.1) is 0 Å². The zero-order valence-corrected chi connectivity index (χ0v) is 15.0. The topological polar surface area (TPSA) is 94.1 Å². The summed E-state index contributed by atoms with van der Waals surface area (Å²) in [4.78, 5) is 26.4. The van der Waals surface area contributed by atoms with Crippen LogP contribution in [0.15, 0.2) is 48.9 Å². The van der Waals surface area contributed by atoms with Crippen LogP contribution in [0.5, 0.6) is 0 Å². The Morgan fingerprint density at radius 1 is 1.30 bits per heavy atom. The van der Waals surface area contributed by atoms with E-state index >= 15 is 0 Å². The molecule has 140 valence electrons. The number of hydrogen-bond acceptors (Lipinski definition) is 5. The molecule has 1 amide bonds. The van der Waals surface area contributed by atoms with Crippen molar-refractivity contribution in [3.8, 4) is 0 Å². The first-order valence-electron chi connectivity index (χ1n) is 9.26. The van der Waals surface area contributed by atoms with Crippen LogP contribution in [-0.4, -0.2) is 45.1 Å². The molecule has 0 radical (unpaired) electrons. The van der Waals surface area contributed by atoms with E-state index in [-0.39, 0.29) is 18.4 Å². The van der Waals surface area contributed by atoms with E-state index in [1.165, 1.54) is 0 Å². The minimum absolute atomic E-state index is 0.0400. The number of aromatic nitrogens is 3. The van der Waals surface area contributed by atoms with E-state index < -0.39 is 6.10 Å². The first kappa shape index (κ1) is 17.5. The van der Waals surface area contributed by atoms with E-state index in [4.69, 9.17) is 0 Å². The molecule has 1 aromatic carbocycles. The average Bonchev–Trinajstić information content (AvgIpc) is 3.17. The minimum atomic E-state index is -0.785. The molecule has 2 atom stereocenters. The SMILES string of the molecule is O=C(C[C@@H](O)c1ccccc1)NC1CCCN(c2ncnc3[nH]ccc23)C1. The van der Waals surface area contributed by atoms with Crippen molar-refractivity contribution in [1.29, 1.82) is 0 Å². The summed E-state index contributed by atoms with van der Waals surface area (Å²) in [6.45, 7) is 1.60. The second-order valence-corrected chi connectivity index (χ2v) is 6.92. The van der Waals surface area contributed by atoms with Crippen LogP contribution in [-0.2, 0) is 4.79 Å². The first-order valence-corrected chi connectivity index (χ1v) is 9.26. The van der Waals surface area contributed by atoms with Crippen LogP contribution < -0.4 is 10.2 Å². The van der Waals surface area contributed by atoms with E-state index in [0.29, 0.717) is 6.54 Å². The Bertz CT molecular complexity index is 911. The number of amides is 1. The Morgan fingerprint density at radius 3 is 3.00 bits per heavy atom. The maximum Gasteiger partial charge on any atom is 0.223 e. The molecule has 1 unspecified atom stereocenters. The average molecular weight is 365 g/mol. The molecule has 1 aliphatic heterocycles. The number of aromatic amines is 1. The van der Waals surface area contributed by atoms with E-state index in [1.54, 1.807) is 6.33 Å². The number of piperidine rings is 1. The zero-order valence-electron chi connectivity index (χ0n) is 15.0. The van der Waals surface area contributed by atoms with Gasteiger partial charge in [0.2, 0.25) is 5.91 Å². The smallest absolute Gasteiger partial charge is 0.223 e. The lowest BCUT2D eigenvalue weighted by Crippen LogP contribution is -2.48. The summed E-state index contributed by atoms with van der Waals surface area (Å²) in [5.74, 6) is 0.761. The molecule has 27 heavy (non-hydrogen) atoms. The third-order valence-corrected chi connectivity index (χ3v) is 4.98. The van der Waals surface area contributed by atoms with Gasteiger partial charge in [0.25, 0.3) is 0 Å². The molecular weight excluding hydrogens is 342 g/mol. The summed E-state index contributed by atoms with van der Waals surface area (Å²) in [6.07, 6.45) is 4.60. The van der Waals surface area contributed by atoms with Gasteiger partial charge in [0.15, 0.2) is 0 Å². The van der Waals surface area contributed by atoms with Crippen molar-refractivity contribution in [2.45, 2.75) is 31.4 Å². The molecule has 7 heteroatoms. The number of anilines is 1. The van der Waals surface area contributed by atoms with Crippen molar-refractivity contribution in [3.63, 3.8) is 0 Å². The number of benzene rings is 1. The van der Waals surface area contributed by atoms with Crippen LogP contribution in [0.25, 0.3) is 11.0 Å². The van der Waals surface area contributed by atoms with Gasteiger partial charge < -0.3 is 20.3 Å². The number of H-pyrrole nitrogens is 1. The Balaban J connectivity index is 1.38. The standard InChI is InChI=1S/C20H23N5O2/c26-17(14-5-2-1-3-6-14)11-18(27)24-15-7-4-10-25(12-15)20-16-8-9-21-19(16)22-13-23-20/h1-3,5-6,8-9,13,15,17,26H,4,7,10-12H2,(H,24,27)(H,21,22,23)/t15?,17-/m1/s1. The van der Waals surface area contributed by atoms with Crippen molar-refractivity contribution < 1.29 is 9.90 Å². The fraction of sp³-hybridized carbons (Fsp3) is 0.350. The lowest BCUT2D eigenvalue weighted by atomic mass is 10.0. The van der Waals surface area contributed by atoms with E-state index in [2.05, 4.69) is 25.2 Å². The fourth-order valence-corrected chi connectivity index (χ4v) is 3.65. The van der Waals surface area contributed by atoms with Gasteiger partial charge in [-0.05, 0) is 24.5 Å². The van der Waals surface area contributed by atoms with Crippen LogP contribution in [0.2, 0.25) is 0 Å². The van der Waals surface area contributed by atoms with Crippen molar-refractivity contribution in [3.05, 3.63) is 54.5 Å². The van der Waals surface area contributed by atoms with E-state index in [0.717, 1.165) is 41.8 Å². The Labute approximate surface area is 157 Å². The lowest BCUT2D eigenvalue weighted by Gasteiger charge is -2.34. The highest BCUT2D eigenvalue weighted by atomic mass is 16.3. The number of rotatable bonds is 5. The number of hydrogen-bond donors (Lipinski definition) is 3. The third kappa shape index (κ3) is 3.93. The summed E-state index contributed by atoms with van der Waals surface area (Å²) < 4.78 is 0. The highest BCUT2D eigenvalue weighted by Crippen LogP contribution is 2.25. The van der Waals surface area contributed by atoms with Crippen LogP contribution in [0.4, 0.5) is 5.82 Å². The molecule has 4 rings (SSSR count). The lowest BCUT2D eigenvalue weighted by molar-refractivity contribution is -0.123. The number of aliphatic hydroxyl groups excluding tert-OH is 1. The summed E-state index contributed by atoms with van der Waals surface area (Å²) in [7, 11) is 0. The molecule has 0 aliphatic carbocycles. The second kappa shape index (κ2) is 7.75. The van der Waals surface area contributed by atoms with Gasteiger partial charge in [-0.2, -0.15) is 0 Å². The predicted octanol–water partition coefficient (Wildman–Crippen LogP) is 2.17. The quantitative estimate of drug-likeness (QED) is 0.644. The van der Waals surface area contributed by atoms with Crippen molar-refractivity contribution in [1.82, 2.24) is 20.3 Å². The highest BCUT2D eigenvalue weighted by Gasteiger charge is 2.24. The molecule has 1 fully saturated rings. The van der Waals surface area contributed by atoms with Gasteiger partial charge in [-0.25, -0.2) is 9.97 Å². The molecule has 0 bridgehead atoms. The first-order chi connectivity index (χ1) is 13.2. The van der Waals surface area contributed by atoms with Gasteiger partial charge in [0, 0.05) is 25.3 Å². The van der Waals surface area contributed by atoms with Gasteiger partial charge >= 0.3 is 0 Å². The third-order valence-electron chi connectivity index (χ3n) is 4.98. The summed E-state index contributed by atoms with van der Waals surface area (Å²) in [5, 5.41) is 14.3. The number of carbonyl (C=O) groups is 1. The molecule has 3 N–H and O–H groups in total. The summed E-state index contributed by atoms with van der Waals surface area (Å²) in [5.41, 5.74) is 1.57. The number of aliphatic hydroxyl groups is 1. The fourth-order valence-electron chi connectivity index (χ4n) is 3.65. The van der Waals surface area contributed by atoms with E-state index in [1.807, 2.05) is 42.6 Å². The maximum atomic E-state index is 12.4. The molecule has 7 nitrogen and oxygen atoms in total. The van der Waals surface area contributed by atoms with Gasteiger partial charge in [0.1, 0.15) is 17.8 Å². The number of nitrogens with one attached hydrogen (secondary N) is 2. The Kier molecular flexibility index (Phi) is 5.02. The molecule has 3 aromatic rings. The van der Waals surface area contributed by atoms with Crippen LogP contribution in [0.3, 0.4) is 0 Å². The largest absolute Gasteiger partial charge is 0.388 e. The van der Waals surface area contributed by atoms with Gasteiger partial charge in [-0.3, -0.25) is 4.79 Å². The molecule has 0 saturated carbocycles. The normalized spacial score (nSPS) is 18.4. The van der Waals surface area contributed by atoms with Crippen molar-refractivity contribution in [2.24, 2.45) is 0 Å². The molecular formula is C20H23N5O2. The molecule has 1 saturated heterocycles. The number of carbonyl (C=O) groups excluding carboxylic acids is 1.